The monoisotopic (exact) mass is 277 g/mol. The molecular formula is C12H15N5O3. The second-order valence-electron chi connectivity index (χ2n) is 4.71. The van der Waals surface area contributed by atoms with Gasteiger partial charge in [0, 0.05) is 5.92 Å². The summed E-state index contributed by atoms with van der Waals surface area (Å²) in [5.41, 5.74) is 0.931. The number of carbonyl (C=O) groups excluding carboxylic acids is 1. The molecule has 0 radical (unpaired) electrons. The van der Waals surface area contributed by atoms with E-state index in [1.165, 1.54) is 7.11 Å². The van der Waals surface area contributed by atoms with E-state index in [1.54, 1.807) is 4.68 Å². The Kier molecular flexibility index (Phi) is 3.21. The summed E-state index contributed by atoms with van der Waals surface area (Å²) < 4.78 is 11.5. The Morgan fingerprint density at radius 1 is 1.50 bits per heavy atom. The zero-order valence-electron chi connectivity index (χ0n) is 11.4. The molecule has 1 aliphatic rings. The fraction of sp³-hybridized carbons (Fsp3) is 0.583. The van der Waals surface area contributed by atoms with E-state index < -0.39 is 5.97 Å². The maximum absolute atomic E-state index is 11.6. The van der Waals surface area contributed by atoms with E-state index in [0.717, 1.165) is 18.7 Å². The van der Waals surface area contributed by atoms with E-state index in [-0.39, 0.29) is 5.69 Å². The number of nitrogens with zero attached hydrogens (tertiary/aromatic N) is 5. The van der Waals surface area contributed by atoms with Crippen molar-refractivity contribution in [3.05, 3.63) is 23.1 Å². The maximum atomic E-state index is 11.6. The molecular weight excluding hydrogens is 262 g/mol. The van der Waals surface area contributed by atoms with Crippen molar-refractivity contribution in [1.82, 2.24) is 25.1 Å². The van der Waals surface area contributed by atoms with Gasteiger partial charge in [-0.25, -0.2) is 9.48 Å². The predicted molar refractivity (Wildman–Crippen MR) is 66.1 cm³/mol. The average molecular weight is 277 g/mol. The SMILES string of the molecule is CCc1c(C(=O)OC)nnn1Cc1nc(C2CC2)no1. The Balaban J connectivity index is 1.82. The van der Waals surface area contributed by atoms with Crippen molar-refractivity contribution >= 4 is 5.97 Å². The summed E-state index contributed by atoms with van der Waals surface area (Å²) in [6.45, 7) is 2.23. The minimum atomic E-state index is -0.489. The highest BCUT2D eigenvalue weighted by Gasteiger charge is 2.29. The van der Waals surface area contributed by atoms with E-state index in [4.69, 9.17) is 4.52 Å². The smallest absolute Gasteiger partial charge is 0.360 e. The molecule has 1 fully saturated rings. The molecule has 1 aliphatic carbocycles. The summed E-state index contributed by atoms with van der Waals surface area (Å²) in [7, 11) is 1.32. The quantitative estimate of drug-likeness (QED) is 0.750. The van der Waals surface area contributed by atoms with Crippen LogP contribution in [0.3, 0.4) is 0 Å². The summed E-state index contributed by atoms with van der Waals surface area (Å²) in [6, 6.07) is 0. The largest absolute Gasteiger partial charge is 0.464 e. The molecule has 0 amide bonds. The molecule has 8 heteroatoms. The van der Waals surface area contributed by atoms with E-state index in [9.17, 15) is 4.79 Å². The lowest BCUT2D eigenvalue weighted by Crippen LogP contribution is -2.10. The number of hydrogen-bond donors (Lipinski definition) is 0. The molecule has 0 aromatic carbocycles. The van der Waals surface area contributed by atoms with Gasteiger partial charge in [0.1, 0.15) is 6.54 Å². The number of esters is 1. The van der Waals surface area contributed by atoms with Crippen molar-refractivity contribution in [3.8, 4) is 0 Å². The van der Waals surface area contributed by atoms with Crippen LogP contribution < -0.4 is 0 Å². The third-order valence-corrected chi connectivity index (χ3v) is 3.26. The van der Waals surface area contributed by atoms with Crippen molar-refractivity contribution in [1.29, 1.82) is 0 Å². The van der Waals surface area contributed by atoms with Gasteiger partial charge in [0.15, 0.2) is 11.5 Å². The predicted octanol–water partition coefficient (Wildman–Crippen LogP) is 0.936. The molecule has 8 nitrogen and oxygen atoms in total. The second kappa shape index (κ2) is 5.03. The molecule has 0 atom stereocenters. The van der Waals surface area contributed by atoms with Crippen LogP contribution in [0, 0.1) is 0 Å². The molecule has 2 aromatic rings. The number of ether oxygens (including phenoxy) is 1. The summed E-state index contributed by atoms with van der Waals surface area (Å²) in [5.74, 6) is 1.19. The molecule has 0 aliphatic heterocycles. The van der Waals surface area contributed by atoms with Crippen LogP contribution in [0.5, 0.6) is 0 Å². The van der Waals surface area contributed by atoms with Crippen LogP contribution in [0.4, 0.5) is 0 Å². The summed E-state index contributed by atoms with van der Waals surface area (Å²) in [6.07, 6.45) is 2.85. The fourth-order valence-electron chi connectivity index (χ4n) is 2.03. The number of hydrogen-bond acceptors (Lipinski definition) is 7. The highest BCUT2D eigenvalue weighted by atomic mass is 16.5. The number of methoxy groups -OCH3 is 1. The van der Waals surface area contributed by atoms with Crippen molar-refractivity contribution in [2.75, 3.05) is 7.11 Å². The molecule has 3 rings (SSSR count). The van der Waals surface area contributed by atoms with Crippen LogP contribution in [0.2, 0.25) is 0 Å². The Morgan fingerprint density at radius 3 is 2.95 bits per heavy atom. The van der Waals surface area contributed by atoms with E-state index >= 15 is 0 Å². The van der Waals surface area contributed by atoms with E-state index in [2.05, 4.69) is 25.2 Å². The Bertz CT molecular complexity index is 629. The molecule has 0 bridgehead atoms. The minimum Gasteiger partial charge on any atom is -0.464 e. The van der Waals surface area contributed by atoms with Gasteiger partial charge in [-0.05, 0) is 19.3 Å². The van der Waals surface area contributed by atoms with Gasteiger partial charge in [-0.3, -0.25) is 0 Å². The van der Waals surface area contributed by atoms with Gasteiger partial charge in [0.25, 0.3) is 0 Å². The van der Waals surface area contributed by atoms with Crippen LogP contribution in [0.25, 0.3) is 0 Å². The van der Waals surface area contributed by atoms with Crippen LogP contribution in [0.1, 0.15) is 53.6 Å². The number of rotatable bonds is 5. The third-order valence-electron chi connectivity index (χ3n) is 3.26. The topological polar surface area (TPSA) is 95.9 Å². The van der Waals surface area contributed by atoms with Crippen molar-refractivity contribution in [3.63, 3.8) is 0 Å². The summed E-state index contributed by atoms with van der Waals surface area (Å²) in [5, 5.41) is 11.8. The average Bonchev–Trinajstić information content (AvgIpc) is 3.08. The molecule has 106 valence electrons. The first-order valence-corrected chi connectivity index (χ1v) is 6.56. The van der Waals surface area contributed by atoms with Crippen LogP contribution in [-0.4, -0.2) is 38.2 Å². The summed E-state index contributed by atoms with van der Waals surface area (Å²) >= 11 is 0. The highest BCUT2D eigenvalue weighted by Crippen LogP contribution is 2.38. The zero-order valence-corrected chi connectivity index (χ0v) is 11.4. The van der Waals surface area contributed by atoms with Crippen molar-refractivity contribution in [2.45, 2.75) is 38.6 Å². The molecule has 2 aromatic heterocycles. The second-order valence-corrected chi connectivity index (χ2v) is 4.71. The van der Waals surface area contributed by atoms with Crippen LogP contribution in [0.15, 0.2) is 4.52 Å². The minimum absolute atomic E-state index is 0.233. The molecule has 20 heavy (non-hydrogen) atoms. The van der Waals surface area contributed by atoms with Gasteiger partial charge in [0.05, 0.1) is 12.8 Å². The molecule has 2 heterocycles. The van der Waals surface area contributed by atoms with Gasteiger partial charge < -0.3 is 9.26 Å². The van der Waals surface area contributed by atoms with Crippen molar-refractivity contribution in [2.24, 2.45) is 0 Å². The molecule has 0 N–H and O–H groups in total. The van der Waals surface area contributed by atoms with Gasteiger partial charge in [-0.1, -0.05) is 17.3 Å². The molecule has 0 saturated heterocycles. The standard InChI is InChI=1S/C12H15N5O3/c1-3-8-10(12(18)19-2)14-16-17(8)6-9-13-11(15-20-9)7-4-5-7/h7H,3-6H2,1-2H3. The van der Waals surface area contributed by atoms with Crippen LogP contribution in [-0.2, 0) is 17.7 Å². The molecule has 0 spiro atoms. The Morgan fingerprint density at radius 2 is 2.30 bits per heavy atom. The molecule has 1 saturated carbocycles. The van der Waals surface area contributed by atoms with Crippen LogP contribution >= 0.6 is 0 Å². The first-order valence-electron chi connectivity index (χ1n) is 6.56. The lowest BCUT2D eigenvalue weighted by molar-refractivity contribution is 0.0592. The van der Waals surface area contributed by atoms with Gasteiger partial charge >= 0.3 is 5.97 Å². The lowest BCUT2D eigenvalue weighted by atomic mass is 10.2. The third kappa shape index (κ3) is 2.28. The normalized spacial score (nSPS) is 14.5. The summed E-state index contributed by atoms with van der Waals surface area (Å²) in [4.78, 5) is 15.9. The molecule has 0 unspecified atom stereocenters. The van der Waals surface area contributed by atoms with E-state index in [1.807, 2.05) is 6.92 Å². The lowest BCUT2D eigenvalue weighted by Gasteiger charge is -2.02. The van der Waals surface area contributed by atoms with E-state index in [0.29, 0.717) is 30.5 Å². The van der Waals surface area contributed by atoms with Gasteiger partial charge in [-0.15, -0.1) is 5.10 Å². The van der Waals surface area contributed by atoms with Crippen molar-refractivity contribution < 1.29 is 14.1 Å². The number of carbonyl (C=O) groups is 1. The number of aromatic nitrogens is 5. The van der Waals surface area contributed by atoms with Gasteiger partial charge in [-0.2, -0.15) is 4.98 Å². The first-order chi connectivity index (χ1) is 9.72. The zero-order chi connectivity index (χ0) is 14.1. The maximum Gasteiger partial charge on any atom is 0.360 e. The van der Waals surface area contributed by atoms with Gasteiger partial charge in [0.2, 0.25) is 5.89 Å². The Hall–Kier alpha value is -2.25. The first kappa shape index (κ1) is 12.8. The Labute approximate surface area is 115 Å². The fourth-order valence-corrected chi connectivity index (χ4v) is 2.03. The highest BCUT2D eigenvalue weighted by molar-refractivity contribution is 5.88.